The normalized spacial score (nSPS) is 12.2. The minimum absolute atomic E-state index is 0.0624. The molecule has 0 amide bonds. The lowest BCUT2D eigenvalue weighted by Crippen LogP contribution is -2.28. The third kappa shape index (κ3) is 4.74. The van der Waals surface area contributed by atoms with Crippen molar-refractivity contribution in [3.8, 4) is 0 Å². The summed E-state index contributed by atoms with van der Waals surface area (Å²) >= 11 is 3.73. The Balaban J connectivity index is 3.85. The first-order chi connectivity index (χ1) is 6.13. The number of aliphatic carboxylic acids is 1. The van der Waals surface area contributed by atoms with Crippen LogP contribution in [0.2, 0.25) is 0 Å². The summed E-state index contributed by atoms with van der Waals surface area (Å²) < 4.78 is 9.23. The van der Waals surface area contributed by atoms with Gasteiger partial charge in [-0.15, -0.1) is 0 Å². The quantitative estimate of drug-likeness (QED) is 0.274. The van der Waals surface area contributed by atoms with Gasteiger partial charge >= 0.3 is 11.9 Å². The van der Waals surface area contributed by atoms with Crippen molar-refractivity contribution in [2.75, 3.05) is 26.1 Å². The van der Waals surface area contributed by atoms with Gasteiger partial charge in [-0.1, -0.05) is 0 Å². The first kappa shape index (κ1) is 12.2. The fourth-order valence-electron chi connectivity index (χ4n) is 0.580. The van der Waals surface area contributed by atoms with Crippen LogP contribution >= 0.6 is 12.6 Å². The molecule has 0 bridgehead atoms. The Kier molecular flexibility index (Phi) is 6.34. The highest BCUT2D eigenvalue weighted by Crippen LogP contribution is 2.02. The molecule has 0 aromatic heterocycles. The van der Waals surface area contributed by atoms with Crippen molar-refractivity contribution < 1.29 is 24.2 Å². The zero-order valence-corrected chi connectivity index (χ0v) is 8.12. The monoisotopic (exact) mass is 208 g/mol. The van der Waals surface area contributed by atoms with Crippen molar-refractivity contribution in [1.29, 1.82) is 0 Å². The summed E-state index contributed by atoms with van der Waals surface area (Å²) in [4.78, 5) is 21.4. The van der Waals surface area contributed by atoms with Crippen molar-refractivity contribution in [3.05, 3.63) is 0 Å². The molecule has 13 heavy (non-hydrogen) atoms. The second kappa shape index (κ2) is 6.73. The van der Waals surface area contributed by atoms with Crippen LogP contribution in [0.25, 0.3) is 0 Å². The van der Waals surface area contributed by atoms with Crippen molar-refractivity contribution in [3.63, 3.8) is 0 Å². The van der Waals surface area contributed by atoms with Gasteiger partial charge in [0, 0.05) is 12.9 Å². The molecule has 0 aliphatic rings. The third-order valence-corrected chi connectivity index (χ3v) is 1.66. The standard InChI is InChI=1S/C7H12O5S/c1-11-2-3-12-7(10)5(4-13)6(8)9/h5,13H,2-4H2,1H3,(H,8,9). The molecule has 76 valence electrons. The molecule has 0 heterocycles. The van der Waals surface area contributed by atoms with Crippen LogP contribution in [0.5, 0.6) is 0 Å². The lowest BCUT2D eigenvalue weighted by atomic mass is 10.2. The van der Waals surface area contributed by atoms with Gasteiger partial charge in [-0.05, 0) is 0 Å². The fraction of sp³-hybridized carbons (Fsp3) is 0.714. The van der Waals surface area contributed by atoms with Gasteiger partial charge < -0.3 is 14.6 Å². The highest BCUT2D eigenvalue weighted by molar-refractivity contribution is 7.80. The molecule has 1 unspecified atom stereocenters. The highest BCUT2D eigenvalue weighted by Gasteiger charge is 2.25. The Morgan fingerprint density at radius 1 is 1.46 bits per heavy atom. The maximum Gasteiger partial charge on any atom is 0.321 e. The van der Waals surface area contributed by atoms with E-state index in [1.54, 1.807) is 0 Å². The molecule has 0 rings (SSSR count). The van der Waals surface area contributed by atoms with Gasteiger partial charge in [0.15, 0.2) is 5.92 Å². The molecule has 1 N–H and O–H groups in total. The molecule has 0 saturated heterocycles. The minimum Gasteiger partial charge on any atom is -0.481 e. The topological polar surface area (TPSA) is 72.8 Å². The van der Waals surface area contributed by atoms with Crippen LogP contribution < -0.4 is 0 Å². The Bertz CT molecular complexity index is 182. The van der Waals surface area contributed by atoms with Gasteiger partial charge in [-0.3, -0.25) is 9.59 Å². The van der Waals surface area contributed by atoms with Crippen LogP contribution in [0, 0.1) is 5.92 Å². The maximum absolute atomic E-state index is 11.0. The second-order valence-corrected chi connectivity index (χ2v) is 2.60. The SMILES string of the molecule is COCCOC(=O)C(CS)C(=O)O. The van der Waals surface area contributed by atoms with Crippen molar-refractivity contribution in [2.24, 2.45) is 5.92 Å². The van der Waals surface area contributed by atoms with E-state index in [0.29, 0.717) is 0 Å². The van der Waals surface area contributed by atoms with Crippen LogP contribution in [0.4, 0.5) is 0 Å². The van der Waals surface area contributed by atoms with Crippen molar-refractivity contribution >= 4 is 24.6 Å². The van der Waals surface area contributed by atoms with E-state index in [4.69, 9.17) is 5.11 Å². The predicted octanol–water partition coefficient (Wildman–Crippen LogP) is -0.193. The number of thiol groups is 1. The molecule has 0 spiro atoms. The number of methoxy groups -OCH3 is 1. The number of carbonyl (C=O) groups is 2. The van der Waals surface area contributed by atoms with Gasteiger partial charge in [0.25, 0.3) is 0 Å². The van der Waals surface area contributed by atoms with E-state index in [-0.39, 0.29) is 19.0 Å². The number of carboxylic acids is 1. The Hall–Kier alpha value is -0.750. The van der Waals surface area contributed by atoms with Crippen LogP contribution in [-0.2, 0) is 19.1 Å². The molecular formula is C7H12O5S. The molecule has 6 heteroatoms. The molecule has 1 atom stereocenters. The Labute approximate surface area is 81.4 Å². The molecule has 0 aliphatic carbocycles. The maximum atomic E-state index is 11.0. The predicted molar refractivity (Wildman–Crippen MR) is 47.8 cm³/mol. The van der Waals surface area contributed by atoms with E-state index in [1.165, 1.54) is 7.11 Å². The minimum atomic E-state index is -1.22. The first-order valence-corrected chi connectivity index (χ1v) is 4.26. The average molecular weight is 208 g/mol. The molecule has 0 radical (unpaired) electrons. The molecule has 0 fully saturated rings. The van der Waals surface area contributed by atoms with E-state index in [1.807, 2.05) is 0 Å². The molecule has 0 aromatic carbocycles. The lowest BCUT2D eigenvalue weighted by molar-refractivity contribution is -0.158. The van der Waals surface area contributed by atoms with Crippen LogP contribution in [0.15, 0.2) is 0 Å². The van der Waals surface area contributed by atoms with E-state index in [2.05, 4.69) is 22.1 Å². The van der Waals surface area contributed by atoms with E-state index in [0.717, 1.165) is 0 Å². The van der Waals surface area contributed by atoms with Gasteiger partial charge in [-0.2, -0.15) is 12.6 Å². The number of carboxylic acid groups (broad SMARTS) is 1. The number of hydrogen-bond acceptors (Lipinski definition) is 5. The van der Waals surface area contributed by atoms with Crippen molar-refractivity contribution in [1.82, 2.24) is 0 Å². The van der Waals surface area contributed by atoms with Gasteiger partial charge in [0.1, 0.15) is 6.61 Å². The highest BCUT2D eigenvalue weighted by atomic mass is 32.1. The summed E-state index contributed by atoms with van der Waals surface area (Å²) in [6, 6.07) is 0. The molecule has 5 nitrogen and oxygen atoms in total. The molecule has 0 saturated carbocycles. The Morgan fingerprint density at radius 2 is 2.08 bits per heavy atom. The summed E-state index contributed by atoms with van der Waals surface area (Å²) in [5.41, 5.74) is 0. The summed E-state index contributed by atoms with van der Waals surface area (Å²) in [7, 11) is 1.46. The Morgan fingerprint density at radius 3 is 2.46 bits per heavy atom. The fourth-order valence-corrected chi connectivity index (χ4v) is 0.885. The summed E-state index contributed by atoms with van der Waals surface area (Å²) in [5, 5.41) is 8.52. The van der Waals surface area contributed by atoms with Crippen molar-refractivity contribution in [2.45, 2.75) is 0 Å². The molecule has 0 aromatic rings. The van der Waals surface area contributed by atoms with E-state index in [9.17, 15) is 9.59 Å². The number of esters is 1. The summed E-state index contributed by atoms with van der Waals surface area (Å²) in [6.07, 6.45) is 0. The third-order valence-electron chi connectivity index (χ3n) is 1.30. The molecule has 0 aliphatic heterocycles. The largest absolute Gasteiger partial charge is 0.481 e. The number of rotatable bonds is 6. The van der Waals surface area contributed by atoms with Gasteiger partial charge in [0.2, 0.25) is 0 Å². The van der Waals surface area contributed by atoms with Crippen LogP contribution in [0.3, 0.4) is 0 Å². The average Bonchev–Trinajstić information content (AvgIpc) is 2.05. The zero-order chi connectivity index (χ0) is 10.3. The number of hydrogen-bond donors (Lipinski definition) is 2. The first-order valence-electron chi connectivity index (χ1n) is 3.62. The molecular weight excluding hydrogens is 196 g/mol. The lowest BCUT2D eigenvalue weighted by Gasteiger charge is -2.08. The van der Waals surface area contributed by atoms with Gasteiger partial charge in [-0.25, -0.2) is 0 Å². The van der Waals surface area contributed by atoms with E-state index >= 15 is 0 Å². The second-order valence-electron chi connectivity index (χ2n) is 2.23. The summed E-state index contributed by atoms with van der Waals surface area (Å²) in [5.74, 6) is -3.27. The van der Waals surface area contributed by atoms with E-state index < -0.39 is 17.9 Å². The summed E-state index contributed by atoms with van der Waals surface area (Å²) in [6.45, 7) is 0.317. The van der Waals surface area contributed by atoms with Crippen LogP contribution in [-0.4, -0.2) is 43.1 Å². The number of carbonyl (C=O) groups excluding carboxylic acids is 1. The smallest absolute Gasteiger partial charge is 0.321 e. The zero-order valence-electron chi connectivity index (χ0n) is 7.23. The number of ether oxygens (including phenoxy) is 2. The van der Waals surface area contributed by atoms with Gasteiger partial charge in [0.05, 0.1) is 6.61 Å². The van der Waals surface area contributed by atoms with Crippen LogP contribution in [0.1, 0.15) is 0 Å².